The van der Waals surface area contributed by atoms with Crippen molar-refractivity contribution in [2.24, 2.45) is 0 Å². The maximum Gasteiger partial charge on any atom is 0.351 e. The highest BCUT2D eigenvalue weighted by Crippen LogP contribution is 2.17. The summed E-state index contributed by atoms with van der Waals surface area (Å²) in [7, 11) is 0. The fraction of sp³-hybridized carbons (Fsp3) is 0.150. The van der Waals surface area contributed by atoms with Crippen LogP contribution in [0.1, 0.15) is 28.9 Å². The van der Waals surface area contributed by atoms with Crippen LogP contribution in [0.5, 0.6) is 0 Å². The van der Waals surface area contributed by atoms with Gasteiger partial charge in [-0.05, 0) is 36.8 Å². The maximum atomic E-state index is 12.1. The molecule has 0 spiro atoms. The first kappa shape index (κ1) is 18.7. The van der Waals surface area contributed by atoms with Crippen molar-refractivity contribution in [2.75, 3.05) is 6.61 Å². The summed E-state index contributed by atoms with van der Waals surface area (Å²) in [6.45, 7) is 1.26. The average molecular weight is 386 g/mol. The molecule has 1 amide bonds. The summed E-state index contributed by atoms with van der Waals surface area (Å²) in [5, 5.41) is 3.84. The van der Waals surface area contributed by atoms with Gasteiger partial charge in [-0.3, -0.25) is 4.79 Å². The number of halogens is 1. The Bertz CT molecular complexity index is 1060. The van der Waals surface area contributed by atoms with Crippen LogP contribution in [0.4, 0.5) is 0 Å². The van der Waals surface area contributed by atoms with E-state index in [1.54, 1.807) is 49.4 Å². The molecule has 0 saturated carbocycles. The van der Waals surface area contributed by atoms with E-state index in [0.717, 1.165) is 5.56 Å². The molecule has 0 saturated heterocycles. The van der Waals surface area contributed by atoms with Gasteiger partial charge in [0.1, 0.15) is 11.1 Å². The molecule has 3 rings (SSSR count). The third-order valence-corrected chi connectivity index (χ3v) is 4.16. The van der Waals surface area contributed by atoms with E-state index < -0.39 is 24.1 Å². The van der Waals surface area contributed by atoms with Crippen LogP contribution in [-0.4, -0.2) is 18.5 Å². The number of para-hydroxylation sites is 1. The molecule has 138 valence electrons. The number of esters is 1. The van der Waals surface area contributed by atoms with Crippen molar-refractivity contribution in [3.63, 3.8) is 0 Å². The van der Waals surface area contributed by atoms with E-state index in [0.29, 0.717) is 16.0 Å². The van der Waals surface area contributed by atoms with E-state index in [9.17, 15) is 14.4 Å². The molecule has 0 aliphatic carbocycles. The van der Waals surface area contributed by atoms with Crippen LogP contribution >= 0.6 is 11.6 Å². The molecule has 1 N–H and O–H groups in total. The predicted molar refractivity (Wildman–Crippen MR) is 101 cm³/mol. The molecule has 1 heterocycles. The Morgan fingerprint density at radius 2 is 1.93 bits per heavy atom. The van der Waals surface area contributed by atoms with E-state index in [1.165, 1.54) is 6.07 Å². The van der Waals surface area contributed by atoms with Gasteiger partial charge in [-0.15, -0.1) is 0 Å². The zero-order valence-corrected chi connectivity index (χ0v) is 15.2. The highest BCUT2D eigenvalue weighted by atomic mass is 35.5. The number of carbonyl (C=O) groups excluding carboxylic acids is 2. The van der Waals surface area contributed by atoms with Crippen LogP contribution < -0.4 is 10.9 Å². The number of amides is 1. The highest BCUT2D eigenvalue weighted by molar-refractivity contribution is 6.30. The number of hydrogen-bond acceptors (Lipinski definition) is 5. The molecule has 0 radical (unpaired) electrons. The van der Waals surface area contributed by atoms with Crippen LogP contribution in [0.25, 0.3) is 11.0 Å². The zero-order valence-electron chi connectivity index (χ0n) is 14.4. The Morgan fingerprint density at radius 3 is 2.70 bits per heavy atom. The quantitative estimate of drug-likeness (QED) is 0.536. The van der Waals surface area contributed by atoms with Crippen molar-refractivity contribution >= 4 is 34.4 Å². The van der Waals surface area contributed by atoms with Gasteiger partial charge in [-0.25, -0.2) is 9.59 Å². The van der Waals surface area contributed by atoms with Crippen LogP contribution in [0, 0.1) is 0 Å². The molecule has 1 aromatic heterocycles. The monoisotopic (exact) mass is 385 g/mol. The van der Waals surface area contributed by atoms with Crippen molar-refractivity contribution in [3.8, 4) is 0 Å². The number of carbonyl (C=O) groups is 2. The van der Waals surface area contributed by atoms with Gasteiger partial charge in [0.2, 0.25) is 0 Å². The first-order valence-electron chi connectivity index (χ1n) is 8.19. The summed E-state index contributed by atoms with van der Waals surface area (Å²) in [6.07, 6.45) is 0. The van der Waals surface area contributed by atoms with Crippen molar-refractivity contribution in [3.05, 3.63) is 81.2 Å². The van der Waals surface area contributed by atoms with Gasteiger partial charge in [0.25, 0.3) is 5.91 Å². The van der Waals surface area contributed by atoms with Gasteiger partial charge >= 0.3 is 11.6 Å². The number of hydrogen-bond donors (Lipinski definition) is 1. The van der Waals surface area contributed by atoms with Gasteiger partial charge in [0, 0.05) is 10.4 Å². The average Bonchev–Trinajstić information content (AvgIpc) is 2.65. The summed E-state index contributed by atoms with van der Waals surface area (Å²) in [5.74, 6) is -1.42. The molecular formula is C20H16ClNO5. The van der Waals surface area contributed by atoms with Crippen molar-refractivity contribution in [1.82, 2.24) is 5.32 Å². The Kier molecular flexibility index (Phi) is 5.57. The van der Waals surface area contributed by atoms with E-state index in [1.807, 2.05) is 6.07 Å². The van der Waals surface area contributed by atoms with Crippen molar-refractivity contribution in [1.29, 1.82) is 0 Å². The van der Waals surface area contributed by atoms with Gasteiger partial charge in [0.05, 0.1) is 6.04 Å². The van der Waals surface area contributed by atoms with Crippen molar-refractivity contribution in [2.45, 2.75) is 13.0 Å². The van der Waals surface area contributed by atoms with Crippen LogP contribution in [-0.2, 0) is 9.53 Å². The molecule has 6 nitrogen and oxygen atoms in total. The molecule has 0 aliphatic heterocycles. The Balaban J connectivity index is 1.62. The summed E-state index contributed by atoms with van der Waals surface area (Å²) in [6, 6.07) is 14.9. The van der Waals surface area contributed by atoms with Gasteiger partial charge in [-0.1, -0.05) is 41.9 Å². The highest BCUT2D eigenvalue weighted by Gasteiger charge is 2.17. The standard InChI is InChI=1S/C20H16ClNO5/c1-12(13-6-4-7-15(21)9-13)22-18(23)11-26-19(24)16-10-14-5-2-3-8-17(14)27-20(16)25/h2-10,12H,11H2,1H3,(H,22,23)/t12-/m1/s1. The fourth-order valence-corrected chi connectivity index (χ4v) is 2.75. The lowest BCUT2D eigenvalue weighted by Crippen LogP contribution is -2.31. The topological polar surface area (TPSA) is 85.6 Å². The normalized spacial score (nSPS) is 11.8. The minimum atomic E-state index is -0.917. The fourth-order valence-electron chi connectivity index (χ4n) is 2.56. The van der Waals surface area contributed by atoms with Crippen LogP contribution in [0.3, 0.4) is 0 Å². The van der Waals surface area contributed by atoms with E-state index in [2.05, 4.69) is 5.32 Å². The Morgan fingerprint density at radius 1 is 1.15 bits per heavy atom. The predicted octanol–water partition coefficient (Wildman–Crippen LogP) is 3.48. The SMILES string of the molecule is C[C@@H](NC(=O)COC(=O)c1cc2ccccc2oc1=O)c1cccc(Cl)c1. The largest absolute Gasteiger partial charge is 0.452 e. The lowest BCUT2D eigenvalue weighted by atomic mass is 10.1. The number of nitrogens with one attached hydrogen (secondary N) is 1. The minimum Gasteiger partial charge on any atom is -0.452 e. The first-order chi connectivity index (χ1) is 12.9. The molecule has 1 atom stereocenters. The molecular weight excluding hydrogens is 370 g/mol. The second kappa shape index (κ2) is 8.05. The second-order valence-corrected chi connectivity index (χ2v) is 6.34. The van der Waals surface area contributed by atoms with E-state index in [4.69, 9.17) is 20.8 Å². The molecule has 0 fully saturated rings. The minimum absolute atomic E-state index is 0.260. The second-order valence-electron chi connectivity index (χ2n) is 5.91. The van der Waals surface area contributed by atoms with Crippen molar-refractivity contribution < 1.29 is 18.7 Å². The first-order valence-corrected chi connectivity index (χ1v) is 8.56. The third kappa shape index (κ3) is 4.54. The molecule has 0 bridgehead atoms. The van der Waals surface area contributed by atoms with E-state index in [-0.39, 0.29) is 11.6 Å². The number of benzene rings is 2. The van der Waals surface area contributed by atoms with Crippen LogP contribution in [0.15, 0.2) is 63.8 Å². The smallest absolute Gasteiger partial charge is 0.351 e. The summed E-state index contributed by atoms with van der Waals surface area (Å²) < 4.78 is 10.0. The third-order valence-electron chi connectivity index (χ3n) is 3.92. The summed E-state index contributed by atoms with van der Waals surface area (Å²) >= 11 is 5.93. The Hall–Kier alpha value is -3.12. The summed E-state index contributed by atoms with van der Waals surface area (Å²) in [4.78, 5) is 36.1. The van der Waals surface area contributed by atoms with Gasteiger partial charge in [-0.2, -0.15) is 0 Å². The lowest BCUT2D eigenvalue weighted by Gasteiger charge is -2.14. The van der Waals surface area contributed by atoms with Crippen LogP contribution in [0.2, 0.25) is 5.02 Å². The lowest BCUT2D eigenvalue weighted by molar-refractivity contribution is -0.124. The molecule has 27 heavy (non-hydrogen) atoms. The number of rotatable bonds is 5. The van der Waals surface area contributed by atoms with Gasteiger partial charge < -0.3 is 14.5 Å². The zero-order chi connectivity index (χ0) is 19.4. The maximum absolute atomic E-state index is 12.1. The molecule has 7 heteroatoms. The molecule has 0 aliphatic rings. The van der Waals surface area contributed by atoms with Gasteiger partial charge in [0.15, 0.2) is 6.61 Å². The summed E-state index contributed by atoms with van der Waals surface area (Å²) in [5.41, 5.74) is 0.111. The van der Waals surface area contributed by atoms with E-state index >= 15 is 0 Å². The molecule has 2 aromatic carbocycles. The number of ether oxygens (including phenoxy) is 1. The molecule has 3 aromatic rings. The molecule has 0 unspecified atom stereocenters. The Labute approximate surface area is 159 Å². The number of fused-ring (bicyclic) bond motifs is 1.